The number of hydrogen-bond acceptors (Lipinski definition) is 4. The number of ether oxygens (including phenoxy) is 2. The van der Waals surface area contributed by atoms with E-state index in [4.69, 9.17) is 15.2 Å². The van der Waals surface area contributed by atoms with Gasteiger partial charge in [0.1, 0.15) is 11.5 Å². The van der Waals surface area contributed by atoms with Crippen molar-refractivity contribution in [2.24, 2.45) is 16.6 Å². The minimum absolute atomic E-state index is 0. The average Bonchev–Trinajstić information content (AvgIpc) is 3.09. The van der Waals surface area contributed by atoms with Gasteiger partial charge in [-0.15, -0.1) is 24.0 Å². The molecule has 1 aromatic rings. The van der Waals surface area contributed by atoms with E-state index in [1.807, 2.05) is 32.0 Å². The van der Waals surface area contributed by atoms with Gasteiger partial charge in [0.15, 0.2) is 5.96 Å². The zero-order valence-corrected chi connectivity index (χ0v) is 18.5. The van der Waals surface area contributed by atoms with Gasteiger partial charge in [-0.1, -0.05) is 6.92 Å². The van der Waals surface area contributed by atoms with Gasteiger partial charge in [-0.25, -0.2) is 0 Å². The number of nitrogens with zero attached hydrogens (tertiary/aromatic N) is 2. The summed E-state index contributed by atoms with van der Waals surface area (Å²) in [6.45, 7) is 11.6. The van der Waals surface area contributed by atoms with Crippen molar-refractivity contribution in [3.8, 4) is 11.5 Å². The molecule has 26 heavy (non-hydrogen) atoms. The number of halogens is 1. The molecule has 0 bridgehead atoms. The number of likely N-dealkylation sites (tertiary alicyclic amines) is 1. The maximum Gasteiger partial charge on any atom is 0.193 e. The van der Waals surface area contributed by atoms with E-state index in [1.165, 1.54) is 25.9 Å². The summed E-state index contributed by atoms with van der Waals surface area (Å²) in [5.41, 5.74) is 6.86. The Morgan fingerprint density at radius 2 is 1.92 bits per heavy atom. The number of nitrogens with two attached hydrogens (primary N) is 1. The van der Waals surface area contributed by atoms with Crippen LogP contribution in [0.1, 0.15) is 33.6 Å². The number of nitrogens with one attached hydrogen (secondary N) is 1. The number of benzene rings is 1. The quantitative estimate of drug-likeness (QED) is 0.324. The summed E-state index contributed by atoms with van der Waals surface area (Å²) in [6.07, 6.45) is 2.63. The van der Waals surface area contributed by atoms with Gasteiger partial charge in [0.05, 0.1) is 18.9 Å². The van der Waals surface area contributed by atoms with Crippen molar-refractivity contribution >= 4 is 35.6 Å². The first-order chi connectivity index (χ1) is 12.1. The van der Waals surface area contributed by atoms with Crippen LogP contribution in [-0.4, -0.2) is 50.3 Å². The fourth-order valence-electron chi connectivity index (χ4n) is 3.04. The smallest absolute Gasteiger partial charge is 0.193 e. The molecule has 1 unspecified atom stereocenters. The van der Waals surface area contributed by atoms with Crippen LogP contribution in [0.4, 0.5) is 5.69 Å². The third kappa shape index (κ3) is 7.57. The lowest BCUT2D eigenvalue weighted by Crippen LogP contribution is -2.28. The van der Waals surface area contributed by atoms with Crippen molar-refractivity contribution in [1.29, 1.82) is 0 Å². The van der Waals surface area contributed by atoms with E-state index in [0.717, 1.165) is 23.7 Å². The third-order valence-corrected chi connectivity index (χ3v) is 4.17. The van der Waals surface area contributed by atoms with Crippen molar-refractivity contribution in [3.63, 3.8) is 0 Å². The molecule has 1 heterocycles. The number of aliphatic imine (C=N–C) groups is 1. The molecule has 0 amide bonds. The lowest BCUT2D eigenvalue weighted by Gasteiger charge is -2.19. The van der Waals surface area contributed by atoms with Gasteiger partial charge in [-0.05, 0) is 57.8 Å². The van der Waals surface area contributed by atoms with Gasteiger partial charge in [0.25, 0.3) is 0 Å². The minimum atomic E-state index is 0. The average molecular weight is 476 g/mol. The Balaban J connectivity index is 0.00000338. The van der Waals surface area contributed by atoms with Gasteiger partial charge in [0.2, 0.25) is 0 Å². The zero-order valence-electron chi connectivity index (χ0n) is 16.2. The van der Waals surface area contributed by atoms with Crippen molar-refractivity contribution < 1.29 is 9.47 Å². The molecule has 1 fully saturated rings. The first kappa shape index (κ1) is 22.8. The predicted molar refractivity (Wildman–Crippen MR) is 119 cm³/mol. The number of anilines is 1. The highest BCUT2D eigenvalue weighted by atomic mass is 127. The second kappa shape index (κ2) is 12.2. The molecule has 0 spiro atoms. The molecule has 1 atom stereocenters. The van der Waals surface area contributed by atoms with Crippen LogP contribution in [0.25, 0.3) is 0 Å². The van der Waals surface area contributed by atoms with E-state index < -0.39 is 0 Å². The summed E-state index contributed by atoms with van der Waals surface area (Å²) >= 11 is 0. The van der Waals surface area contributed by atoms with Crippen molar-refractivity contribution in [2.75, 3.05) is 44.7 Å². The second-order valence-corrected chi connectivity index (χ2v) is 6.49. The zero-order chi connectivity index (χ0) is 18.1. The van der Waals surface area contributed by atoms with Crippen LogP contribution in [0.2, 0.25) is 0 Å². The highest BCUT2D eigenvalue weighted by Gasteiger charge is 2.14. The topological polar surface area (TPSA) is 72.1 Å². The van der Waals surface area contributed by atoms with Crippen LogP contribution in [0.3, 0.4) is 0 Å². The SMILES string of the molecule is CCOc1ccc(OCC)c(NC(N)=NCC(C)CN2CCCC2)c1.I. The van der Waals surface area contributed by atoms with Crippen LogP contribution in [-0.2, 0) is 0 Å². The summed E-state index contributed by atoms with van der Waals surface area (Å²) in [5, 5.41) is 3.15. The summed E-state index contributed by atoms with van der Waals surface area (Å²) in [4.78, 5) is 7.00. The fourth-order valence-corrected chi connectivity index (χ4v) is 3.04. The molecule has 1 aliphatic heterocycles. The summed E-state index contributed by atoms with van der Waals surface area (Å²) in [6, 6.07) is 5.68. The molecule has 0 aromatic heterocycles. The molecule has 1 aromatic carbocycles. The van der Waals surface area contributed by atoms with Gasteiger partial charge in [-0.3, -0.25) is 4.99 Å². The lowest BCUT2D eigenvalue weighted by molar-refractivity contribution is 0.292. The van der Waals surface area contributed by atoms with E-state index in [-0.39, 0.29) is 24.0 Å². The Bertz CT molecular complexity index is 562. The van der Waals surface area contributed by atoms with E-state index in [2.05, 4.69) is 22.1 Å². The number of hydrogen-bond donors (Lipinski definition) is 2. The van der Waals surface area contributed by atoms with Crippen molar-refractivity contribution in [3.05, 3.63) is 18.2 Å². The maximum atomic E-state index is 6.08. The number of rotatable bonds is 9. The highest BCUT2D eigenvalue weighted by Crippen LogP contribution is 2.29. The third-order valence-electron chi connectivity index (χ3n) is 4.17. The second-order valence-electron chi connectivity index (χ2n) is 6.49. The lowest BCUT2D eigenvalue weighted by atomic mass is 10.2. The molecular formula is C19H33IN4O2. The monoisotopic (exact) mass is 476 g/mol. The van der Waals surface area contributed by atoms with Crippen molar-refractivity contribution in [1.82, 2.24) is 4.90 Å². The molecule has 0 radical (unpaired) electrons. The summed E-state index contributed by atoms with van der Waals surface area (Å²) in [5.74, 6) is 2.42. The molecule has 0 aliphatic carbocycles. The molecule has 3 N–H and O–H groups in total. The van der Waals surface area contributed by atoms with Gasteiger partial charge < -0.3 is 25.4 Å². The Labute approximate surface area is 174 Å². The summed E-state index contributed by atoms with van der Waals surface area (Å²) < 4.78 is 11.2. The van der Waals surface area contributed by atoms with Gasteiger partial charge in [0, 0.05) is 19.2 Å². The Hall–Kier alpha value is -1.22. The van der Waals surface area contributed by atoms with Crippen LogP contribution in [0.5, 0.6) is 11.5 Å². The Morgan fingerprint density at radius 1 is 1.23 bits per heavy atom. The van der Waals surface area contributed by atoms with Crippen LogP contribution < -0.4 is 20.5 Å². The summed E-state index contributed by atoms with van der Waals surface area (Å²) in [7, 11) is 0. The normalized spacial score (nSPS) is 16.0. The van der Waals surface area contributed by atoms with Crippen LogP contribution in [0, 0.1) is 5.92 Å². The first-order valence-electron chi connectivity index (χ1n) is 9.31. The molecule has 7 heteroatoms. The number of guanidine groups is 1. The van der Waals surface area contributed by atoms with Gasteiger partial charge >= 0.3 is 0 Å². The first-order valence-corrected chi connectivity index (χ1v) is 9.31. The maximum absolute atomic E-state index is 6.08. The van der Waals surface area contributed by atoms with Crippen molar-refractivity contribution in [2.45, 2.75) is 33.6 Å². The Kier molecular flexibility index (Phi) is 10.7. The molecule has 148 valence electrons. The fraction of sp³-hybridized carbons (Fsp3) is 0.632. The molecular weight excluding hydrogens is 443 g/mol. The van der Waals surface area contributed by atoms with Crippen LogP contribution >= 0.6 is 24.0 Å². The highest BCUT2D eigenvalue weighted by molar-refractivity contribution is 14.0. The molecule has 1 aliphatic rings. The van der Waals surface area contributed by atoms with Gasteiger partial charge in [-0.2, -0.15) is 0 Å². The minimum Gasteiger partial charge on any atom is -0.494 e. The molecule has 6 nitrogen and oxygen atoms in total. The van der Waals surface area contributed by atoms with E-state index >= 15 is 0 Å². The van der Waals surface area contributed by atoms with E-state index in [9.17, 15) is 0 Å². The van der Waals surface area contributed by atoms with E-state index in [1.54, 1.807) is 0 Å². The standard InChI is InChI=1S/C19H32N4O2.HI/c1-4-24-16-8-9-18(25-5-2)17(12-16)22-19(20)21-13-15(3)14-23-10-6-7-11-23;/h8-9,12,15H,4-7,10-11,13-14H2,1-3H3,(H3,20,21,22);1H. The molecule has 0 saturated carbocycles. The Morgan fingerprint density at radius 3 is 2.58 bits per heavy atom. The largest absolute Gasteiger partial charge is 0.494 e. The molecule has 2 rings (SSSR count). The van der Waals surface area contributed by atoms with Crippen LogP contribution in [0.15, 0.2) is 23.2 Å². The van der Waals surface area contributed by atoms with E-state index in [0.29, 0.717) is 31.6 Å². The predicted octanol–water partition coefficient (Wildman–Crippen LogP) is 3.56. The molecule has 1 saturated heterocycles.